The van der Waals surface area contributed by atoms with Crippen LogP contribution in [0.25, 0.3) is 10.9 Å². The summed E-state index contributed by atoms with van der Waals surface area (Å²) in [6, 6.07) is 10.1. The van der Waals surface area contributed by atoms with Crippen LogP contribution >= 0.6 is 11.6 Å². The summed E-state index contributed by atoms with van der Waals surface area (Å²) in [6.45, 7) is 0. The first-order valence-electron chi connectivity index (χ1n) is 13.3. The van der Waals surface area contributed by atoms with E-state index in [2.05, 4.69) is 32.0 Å². The molecule has 0 amide bonds. The summed E-state index contributed by atoms with van der Waals surface area (Å²) in [5.41, 5.74) is 2.79. The lowest BCUT2D eigenvalue weighted by atomic mass is 9.92. The number of nitrogens with one attached hydrogen (secondary N) is 2. The standard InChI is InChI=1S/C28H27ClFN7O/c29-24-12-20(11-23-26(17(13-31)14-32-28(23)24)33-19-2-1-3-22(38)10-19)34-27(16-4-6-18(30)7-5-16)25-15-37(36-35-25)21-8-9-21/h4-7,11-12,14-15,19,21-22,27,34,38H,1-3,8-10H2,(H,32,33)/t19-,22-,27?/m0/s1/i27D. The van der Waals surface area contributed by atoms with Gasteiger partial charge in [0.15, 0.2) is 0 Å². The molecule has 6 rings (SSSR count). The molecule has 3 N–H and O–H groups in total. The van der Waals surface area contributed by atoms with E-state index in [0.29, 0.717) is 50.5 Å². The van der Waals surface area contributed by atoms with Crippen LogP contribution in [-0.2, 0) is 0 Å². The third-order valence-electron chi connectivity index (χ3n) is 7.13. The SMILES string of the molecule is [2H]C(Nc1cc(Cl)c2ncc(C#N)c(N[C@H]3CCC[C@H](O)C3)c2c1)(c1ccc(F)cc1)c1cn(C2CC2)nn1. The van der Waals surface area contributed by atoms with Crippen molar-refractivity contribution in [3.8, 4) is 6.07 Å². The maximum atomic E-state index is 13.8. The van der Waals surface area contributed by atoms with Gasteiger partial charge >= 0.3 is 0 Å². The number of fused-ring (bicyclic) bond motifs is 1. The lowest BCUT2D eigenvalue weighted by Crippen LogP contribution is -2.30. The van der Waals surface area contributed by atoms with Crippen LogP contribution in [0, 0.1) is 17.1 Å². The van der Waals surface area contributed by atoms with E-state index in [1.807, 2.05) is 0 Å². The Morgan fingerprint density at radius 3 is 2.76 bits per heavy atom. The van der Waals surface area contributed by atoms with Crippen molar-refractivity contribution in [2.75, 3.05) is 10.6 Å². The van der Waals surface area contributed by atoms with Gasteiger partial charge in [-0.05, 0) is 68.4 Å². The number of pyridine rings is 1. The normalized spacial score (nSPS) is 21.4. The lowest BCUT2D eigenvalue weighted by Gasteiger charge is -2.28. The highest BCUT2D eigenvalue weighted by molar-refractivity contribution is 6.35. The number of nitriles is 1. The van der Waals surface area contributed by atoms with Gasteiger partial charge in [0.25, 0.3) is 0 Å². The average molecular weight is 533 g/mol. The first kappa shape index (κ1) is 23.4. The van der Waals surface area contributed by atoms with Crippen molar-refractivity contribution in [1.82, 2.24) is 20.0 Å². The molecule has 2 heterocycles. The zero-order chi connectivity index (χ0) is 27.1. The van der Waals surface area contributed by atoms with Crippen LogP contribution in [0.15, 0.2) is 48.8 Å². The summed E-state index contributed by atoms with van der Waals surface area (Å²) < 4.78 is 25.1. The van der Waals surface area contributed by atoms with E-state index < -0.39 is 11.8 Å². The first-order chi connectivity index (χ1) is 18.8. The Morgan fingerprint density at radius 2 is 2.03 bits per heavy atom. The zero-order valence-electron chi connectivity index (χ0n) is 21.5. The summed E-state index contributed by atoms with van der Waals surface area (Å²) in [7, 11) is 0. The second-order valence-corrected chi connectivity index (χ2v) is 10.4. The molecule has 38 heavy (non-hydrogen) atoms. The predicted molar refractivity (Wildman–Crippen MR) is 144 cm³/mol. The Labute approximate surface area is 225 Å². The predicted octanol–water partition coefficient (Wildman–Crippen LogP) is 5.74. The minimum absolute atomic E-state index is 0.00575. The molecule has 2 aliphatic carbocycles. The molecule has 1 unspecified atom stereocenters. The third-order valence-corrected chi connectivity index (χ3v) is 7.42. The molecular weight excluding hydrogens is 505 g/mol. The molecule has 194 valence electrons. The number of anilines is 2. The Kier molecular flexibility index (Phi) is 6.27. The fraction of sp³-hybridized carbons (Fsp3) is 0.357. The highest BCUT2D eigenvalue weighted by Gasteiger charge is 2.27. The molecule has 8 nitrogen and oxygen atoms in total. The molecule has 4 aromatic rings. The van der Waals surface area contributed by atoms with Crippen molar-refractivity contribution in [1.29, 1.82) is 5.26 Å². The number of benzene rings is 2. The van der Waals surface area contributed by atoms with Gasteiger partial charge in [0.2, 0.25) is 0 Å². The van der Waals surface area contributed by atoms with E-state index in [1.165, 1.54) is 18.3 Å². The lowest BCUT2D eigenvalue weighted by molar-refractivity contribution is 0.124. The fourth-order valence-electron chi connectivity index (χ4n) is 5.03. The Balaban J connectivity index is 1.44. The van der Waals surface area contributed by atoms with Crippen LogP contribution in [0.5, 0.6) is 0 Å². The van der Waals surface area contributed by atoms with E-state index in [0.717, 1.165) is 32.1 Å². The number of nitrogens with zero attached hydrogens (tertiary/aromatic N) is 5. The number of aliphatic hydroxyl groups is 1. The Morgan fingerprint density at radius 1 is 1.21 bits per heavy atom. The van der Waals surface area contributed by atoms with Gasteiger partial charge in [0.05, 0.1) is 47.5 Å². The van der Waals surface area contributed by atoms with Crippen molar-refractivity contribution in [2.45, 2.75) is 62.7 Å². The van der Waals surface area contributed by atoms with E-state index in [9.17, 15) is 16.1 Å². The van der Waals surface area contributed by atoms with Crippen LogP contribution in [0.1, 0.15) is 68.8 Å². The highest BCUT2D eigenvalue weighted by atomic mass is 35.5. The van der Waals surface area contributed by atoms with Gasteiger partial charge in [-0.3, -0.25) is 4.98 Å². The molecule has 0 aliphatic heterocycles. The Bertz CT molecular complexity index is 1570. The molecule has 10 heteroatoms. The van der Waals surface area contributed by atoms with Gasteiger partial charge in [0, 0.05) is 23.3 Å². The number of rotatable bonds is 7. The summed E-state index contributed by atoms with van der Waals surface area (Å²) in [5.74, 6) is -0.407. The minimum atomic E-state index is -1.61. The number of aliphatic hydroxyl groups excluding tert-OH is 1. The smallest absolute Gasteiger partial charge is 0.123 e. The van der Waals surface area contributed by atoms with Crippen molar-refractivity contribution in [3.63, 3.8) is 0 Å². The van der Waals surface area contributed by atoms with Gasteiger partial charge < -0.3 is 15.7 Å². The number of halogens is 2. The van der Waals surface area contributed by atoms with Crippen molar-refractivity contribution < 1.29 is 10.9 Å². The second-order valence-electron chi connectivity index (χ2n) is 10.00. The molecule has 2 fully saturated rings. The maximum Gasteiger partial charge on any atom is 0.123 e. The van der Waals surface area contributed by atoms with Crippen molar-refractivity contribution >= 4 is 33.9 Å². The molecule has 0 saturated heterocycles. The molecule has 0 bridgehead atoms. The average Bonchev–Trinajstić information content (AvgIpc) is 3.65. The number of hydrogen-bond acceptors (Lipinski definition) is 7. The topological polar surface area (TPSA) is 112 Å². The van der Waals surface area contributed by atoms with Crippen LogP contribution < -0.4 is 10.6 Å². The molecule has 3 atom stereocenters. The third kappa shape index (κ3) is 5.02. The molecule has 2 saturated carbocycles. The summed E-state index contributed by atoms with van der Waals surface area (Å²) in [5, 5.41) is 36.2. The van der Waals surface area contributed by atoms with Crippen LogP contribution in [0.4, 0.5) is 15.8 Å². The van der Waals surface area contributed by atoms with E-state index in [4.69, 9.17) is 11.6 Å². The van der Waals surface area contributed by atoms with Crippen LogP contribution in [0.3, 0.4) is 0 Å². The molecular formula is C28H27ClFN7O. The summed E-state index contributed by atoms with van der Waals surface area (Å²) in [4.78, 5) is 4.43. The van der Waals surface area contributed by atoms with Crippen molar-refractivity contribution in [2.24, 2.45) is 0 Å². The monoisotopic (exact) mass is 532 g/mol. The van der Waals surface area contributed by atoms with Gasteiger partial charge in [0.1, 0.15) is 17.6 Å². The fourth-order valence-corrected chi connectivity index (χ4v) is 5.29. The zero-order valence-corrected chi connectivity index (χ0v) is 21.3. The summed E-state index contributed by atoms with van der Waals surface area (Å²) >= 11 is 6.70. The van der Waals surface area contributed by atoms with E-state index in [1.54, 1.807) is 35.1 Å². The van der Waals surface area contributed by atoms with E-state index >= 15 is 0 Å². The molecule has 0 spiro atoms. The molecule has 2 aromatic heterocycles. The van der Waals surface area contributed by atoms with Gasteiger partial charge in [-0.2, -0.15) is 5.26 Å². The molecule has 0 radical (unpaired) electrons. The second kappa shape index (κ2) is 10.2. The van der Waals surface area contributed by atoms with Crippen molar-refractivity contribution in [3.05, 3.63) is 76.5 Å². The maximum absolute atomic E-state index is 13.8. The van der Waals surface area contributed by atoms with Gasteiger partial charge in [-0.25, -0.2) is 9.07 Å². The molecule has 2 aromatic carbocycles. The quantitative estimate of drug-likeness (QED) is 0.278. The Hall–Kier alpha value is -3.74. The number of aromatic nitrogens is 4. The highest BCUT2D eigenvalue weighted by Crippen LogP contribution is 2.38. The number of hydrogen-bond donors (Lipinski definition) is 3. The summed E-state index contributed by atoms with van der Waals surface area (Å²) in [6.07, 6.45) is 7.98. The van der Waals surface area contributed by atoms with E-state index in [-0.39, 0.29) is 18.2 Å². The van der Waals surface area contributed by atoms with Crippen LogP contribution in [0.2, 0.25) is 5.02 Å². The van der Waals surface area contributed by atoms with Gasteiger partial charge in [-0.15, -0.1) is 5.10 Å². The largest absolute Gasteiger partial charge is 0.393 e. The van der Waals surface area contributed by atoms with Crippen LogP contribution in [-0.4, -0.2) is 37.2 Å². The van der Waals surface area contributed by atoms with Gasteiger partial charge in [-0.1, -0.05) is 28.9 Å². The first-order valence-corrected chi connectivity index (χ1v) is 13.2. The minimum Gasteiger partial charge on any atom is -0.393 e. The molecule has 2 aliphatic rings.